The summed E-state index contributed by atoms with van der Waals surface area (Å²) in [5.74, 6) is -1.15. The molecular formula is C19H21FN2O4S. The fourth-order valence-corrected chi connectivity index (χ4v) is 4.17. The van der Waals surface area contributed by atoms with Gasteiger partial charge in [0.2, 0.25) is 11.8 Å². The van der Waals surface area contributed by atoms with Crippen LogP contribution >= 0.6 is 0 Å². The molecule has 0 aliphatic rings. The van der Waals surface area contributed by atoms with Gasteiger partial charge in [0.1, 0.15) is 11.1 Å². The predicted molar refractivity (Wildman–Crippen MR) is 99.1 cm³/mol. The fraction of sp³-hybridized carbons (Fsp3) is 0.263. The monoisotopic (exact) mass is 392 g/mol. The Labute approximate surface area is 157 Å². The number of hydrogen-bond acceptors (Lipinski definition) is 4. The minimum absolute atomic E-state index is 0.0229. The molecule has 0 aliphatic carbocycles. The lowest BCUT2D eigenvalue weighted by Gasteiger charge is -2.19. The molecule has 0 fully saturated rings. The summed E-state index contributed by atoms with van der Waals surface area (Å²) in [5.41, 5.74) is 0.518. The van der Waals surface area contributed by atoms with Crippen LogP contribution in [-0.4, -0.2) is 33.3 Å². The zero-order chi connectivity index (χ0) is 19.9. The Bertz CT molecular complexity index is 884. The van der Waals surface area contributed by atoms with Crippen LogP contribution in [0, 0.1) is 5.82 Å². The Kier molecular flexibility index (Phi) is 7.06. The smallest absolute Gasteiger partial charge is 0.221 e. The van der Waals surface area contributed by atoms with E-state index in [1.54, 1.807) is 30.3 Å². The maximum atomic E-state index is 13.1. The molecular weight excluding hydrogens is 371 g/mol. The van der Waals surface area contributed by atoms with Crippen LogP contribution < -0.4 is 10.6 Å². The van der Waals surface area contributed by atoms with Crippen molar-refractivity contribution in [2.75, 3.05) is 13.1 Å². The van der Waals surface area contributed by atoms with Crippen molar-refractivity contribution < 1.29 is 22.4 Å². The van der Waals surface area contributed by atoms with Crippen molar-refractivity contribution in [3.63, 3.8) is 0 Å². The molecule has 0 saturated carbocycles. The molecule has 27 heavy (non-hydrogen) atoms. The van der Waals surface area contributed by atoms with E-state index in [2.05, 4.69) is 10.6 Å². The lowest BCUT2D eigenvalue weighted by atomic mass is 10.1. The van der Waals surface area contributed by atoms with Gasteiger partial charge in [-0.2, -0.15) is 0 Å². The summed E-state index contributed by atoms with van der Waals surface area (Å²) >= 11 is 0. The SMILES string of the molecule is CC(=O)NCCC(=O)NCC(c1ccccc1)S(=O)(=O)c1ccc(F)cc1. The minimum atomic E-state index is -3.85. The van der Waals surface area contributed by atoms with Gasteiger partial charge in [0, 0.05) is 26.4 Å². The molecule has 8 heteroatoms. The van der Waals surface area contributed by atoms with E-state index in [4.69, 9.17) is 0 Å². The van der Waals surface area contributed by atoms with Crippen LogP contribution in [0.1, 0.15) is 24.2 Å². The van der Waals surface area contributed by atoms with Crippen molar-refractivity contribution in [3.05, 3.63) is 66.0 Å². The number of amides is 2. The molecule has 0 aliphatic heterocycles. The second-order valence-corrected chi connectivity index (χ2v) is 8.07. The predicted octanol–water partition coefficient (Wildman–Crippen LogP) is 1.98. The fourth-order valence-electron chi connectivity index (χ4n) is 2.51. The second-order valence-electron chi connectivity index (χ2n) is 5.94. The molecule has 2 amide bonds. The molecule has 1 unspecified atom stereocenters. The number of benzene rings is 2. The van der Waals surface area contributed by atoms with Gasteiger partial charge in [0.05, 0.1) is 4.90 Å². The van der Waals surface area contributed by atoms with Crippen LogP contribution in [-0.2, 0) is 19.4 Å². The molecule has 1 atom stereocenters. The maximum Gasteiger partial charge on any atom is 0.221 e. The van der Waals surface area contributed by atoms with E-state index in [1.165, 1.54) is 19.1 Å². The van der Waals surface area contributed by atoms with Gasteiger partial charge in [-0.1, -0.05) is 30.3 Å². The zero-order valence-corrected chi connectivity index (χ0v) is 15.6. The third kappa shape index (κ3) is 5.89. The Morgan fingerprint density at radius 1 is 1.00 bits per heavy atom. The van der Waals surface area contributed by atoms with E-state index in [0.29, 0.717) is 5.56 Å². The maximum absolute atomic E-state index is 13.1. The number of nitrogens with one attached hydrogen (secondary N) is 2. The van der Waals surface area contributed by atoms with Gasteiger partial charge in [-0.3, -0.25) is 9.59 Å². The average molecular weight is 392 g/mol. The van der Waals surface area contributed by atoms with E-state index < -0.39 is 20.9 Å². The van der Waals surface area contributed by atoms with Crippen LogP contribution in [0.4, 0.5) is 4.39 Å². The molecule has 144 valence electrons. The first kappa shape index (κ1) is 20.6. The first-order chi connectivity index (χ1) is 12.8. The molecule has 0 spiro atoms. The molecule has 0 heterocycles. The third-order valence-corrected chi connectivity index (χ3v) is 6.02. The number of sulfone groups is 1. The standard InChI is InChI=1S/C19H21FN2O4S/c1-14(23)21-12-11-19(24)22-13-18(15-5-3-2-4-6-15)27(25,26)17-9-7-16(20)8-10-17/h2-10,18H,11-13H2,1H3,(H,21,23)(H,22,24). The van der Waals surface area contributed by atoms with Crippen LogP contribution in [0.25, 0.3) is 0 Å². The topological polar surface area (TPSA) is 92.3 Å². The molecule has 2 N–H and O–H groups in total. The van der Waals surface area contributed by atoms with Gasteiger partial charge in [-0.05, 0) is 29.8 Å². The Hall–Kier alpha value is -2.74. The van der Waals surface area contributed by atoms with Gasteiger partial charge in [0.15, 0.2) is 9.84 Å². The van der Waals surface area contributed by atoms with E-state index in [-0.39, 0.29) is 36.2 Å². The van der Waals surface area contributed by atoms with Gasteiger partial charge in [0.25, 0.3) is 0 Å². The lowest BCUT2D eigenvalue weighted by molar-refractivity contribution is -0.121. The van der Waals surface area contributed by atoms with Crippen molar-refractivity contribution in [1.82, 2.24) is 10.6 Å². The van der Waals surface area contributed by atoms with E-state index in [9.17, 15) is 22.4 Å². The first-order valence-electron chi connectivity index (χ1n) is 8.36. The highest BCUT2D eigenvalue weighted by Crippen LogP contribution is 2.28. The minimum Gasteiger partial charge on any atom is -0.356 e. The third-order valence-electron chi connectivity index (χ3n) is 3.90. The summed E-state index contributed by atoms with van der Waals surface area (Å²) < 4.78 is 39.2. The molecule has 2 aromatic carbocycles. The highest BCUT2D eigenvalue weighted by atomic mass is 32.2. The summed E-state index contributed by atoms with van der Waals surface area (Å²) in [5, 5.41) is 4.08. The number of carbonyl (C=O) groups excluding carboxylic acids is 2. The van der Waals surface area contributed by atoms with Gasteiger partial charge >= 0.3 is 0 Å². The van der Waals surface area contributed by atoms with Gasteiger partial charge < -0.3 is 10.6 Å². The van der Waals surface area contributed by atoms with Crippen molar-refractivity contribution in [2.24, 2.45) is 0 Å². The van der Waals surface area contributed by atoms with Crippen molar-refractivity contribution >= 4 is 21.7 Å². The first-order valence-corrected chi connectivity index (χ1v) is 9.91. The van der Waals surface area contributed by atoms with Gasteiger partial charge in [-0.25, -0.2) is 12.8 Å². The molecule has 0 bridgehead atoms. The van der Waals surface area contributed by atoms with Crippen LogP contribution in [0.2, 0.25) is 0 Å². The van der Waals surface area contributed by atoms with E-state index in [1.807, 2.05) is 0 Å². The number of halogens is 1. The van der Waals surface area contributed by atoms with E-state index >= 15 is 0 Å². The normalized spacial score (nSPS) is 12.2. The van der Waals surface area contributed by atoms with Crippen molar-refractivity contribution in [2.45, 2.75) is 23.5 Å². The van der Waals surface area contributed by atoms with Crippen LogP contribution in [0.3, 0.4) is 0 Å². The number of hydrogen-bond donors (Lipinski definition) is 2. The van der Waals surface area contributed by atoms with E-state index in [0.717, 1.165) is 12.1 Å². The summed E-state index contributed by atoms with van der Waals surface area (Å²) in [6, 6.07) is 13.1. The Balaban J connectivity index is 2.18. The summed E-state index contributed by atoms with van der Waals surface area (Å²) in [7, 11) is -3.85. The Morgan fingerprint density at radius 3 is 2.22 bits per heavy atom. The Morgan fingerprint density at radius 2 is 1.63 bits per heavy atom. The van der Waals surface area contributed by atoms with Crippen molar-refractivity contribution in [1.29, 1.82) is 0 Å². The highest BCUT2D eigenvalue weighted by Gasteiger charge is 2.29. The van der Waals surface area contributed by atoms with Crippen molar-refractivity contribution in [3.8, 4) is 0 Å². The molecule has 0 saturated heterocycles. The molecule has 2 aromatic rings. The summed E-state index contributed by atoms with van der Waals surface area (Å²) in [6.45, 7) is 1.38. The molecule has 6 nitrogen and oxygen atoms in total. The number of rotatable bonds is 8. The lowest BCUT2D eigenvalue weighted by Crippen LogP contribution is -2.34. The molecule has 0 aromatic heterocycles. The largest absolute Gasteiger partial charge is 0.356 e. The average Bonchev–Trinajstić information content (AvgIpc) is 2.62. The molecule has 0 radical (unpaired) electrons. The number of carbonyl (C=O) groups is 2. The van der Waals surface area contributed by atoms with Gasteiger partial charge in [-0.15, -0.1) is 0 Å². The summed E-state index contributed by atoms with van der Waals surface area (Å²) in [6.07, 6.45) is 0.0394. The second kappa shape index (κ2) is 9.27. The van der Waals surface area contributed by atoms with Crippen LogP contribution in [0.15, 0.2) is 59.5 Å². The highest BCUT2D eigenvalue weighted by molar-refractivity contribution is 7.91. The van der Waals surface area contributed by atoms with Crippen LogP contribution in [0.5, 0.6) is 0 Å². The molecule has 2 rings (SSSR count). The zero-order valence-electron chi connectivity index (χ0n) is 14.8. The summed E-state index contributed by atoms with van der Waals surface area (Å²) in [4.78, 5) is 22.8. The quantitative estimate of drug-likeness (QED) is 0.672.